The van der Waals surface area contributed by atoms with Crippen LogP contribution >= 0.6 is 0 Å². The van der Waals surface area contributed by atoms with Crippen molar-refractivity contribution in [2.45, 2.75) is 37.8 Å². The van der Waals surface area contributed by atoms with Crippen LogP contribution in [-0.4, -0.2) is 70.9 Å². The molecule has 0 aromatic carbocycles. The van der Waals surface area contributed by atoms with E-state index in [1.165, 1.54) is 0 Å². The maximum absolute atomic E-state index is 13.2. The number of aromatic amines is 1. The van der Waals surface area contributed by atoms with Gasteiger partial charge < -0.3 is 19.9 Å². The van der Waals surface area contributed by atoms with Crippen molar-refractivity contribution < 1.29 is 35.9 Å². The van der Waals surface area contributed by atoms with E-state index in [0.717, 1.165) is 18.5 Å². The number of carbonyl (C=O) groups excluding carboxylic acids is 1. The normalized spacial score (nSPS) is 18.1. The molecule has 0 bridgehead atoms. The van der Waals surface area contributed by atoms with E-state index in [1.54, 1.807) is 29.1 Å². The lowest BCUT2D eigenvalue weighted by Gasteiger charge is -2.43. The predicted octanol–water partition coefficient (Wildman–Crippen LogP) is 3.15. The van der Waals surface area contributed by atoms with Gasteiger partial charge in [-0.1, -0.05) is 12.2 Å². The molecule has 0 saturated carbocycles. The Morgan fingerprint density at radius 2 is 1.97 bits per heavy atom. The molecule has 1 unspecified atom stereocenters. The number of ether oxygens (including phenoxy) is 1. The molecular formula is C23H24F6N6O3. The molecule has 2 aromatic heterocycles. The Morgan fingerprint density at radius 1 is 1.21 bits per heavy atom. The number of anilines is 2. The molecular weight excluding hydrogens is 522 g/mol. The summed E-state index contributed by atoms with van der Waals surface area (Å²) in [5.41, 5.74) is -3.68. The minimum Gasteiger partial charge on any atom is -0.379 e. The van der Waals surface area contributed by atoms with Crippen molar-refractivity contribution in [1.29, 1.82) is 0 Å². The number of nitrogens with zero attached hydrogens (tertiary/aromatic N) is 4. The van der Waals surface area contributed by atoms with E-state index >= 15 is 0 Å². The molecule has 2 atom stereocenters. The van der Waals surface area contributed by atoms with Crippen molar-refractivity contribution in [3.8, 4) is 0 Å². The zero-order chi connectivity index (χ0) is 27.7. The molecule has 38 heavy (non-hydrogen) atoms. The highest BCUT2D eigenvalue weighted by Crippen LogP contribution is 2.35. The minimum absolute atomic E-state index is 0.0237. The highest BCUT2D eigenvalue weighted by Gasteiger charge is 2.38. The third-order valence-corrected chi connectivity index (χ3v) is 6.13. The molecule has 15 heteroatoms. The molecule has 0 radical (unpaired) electrons. The summed E-state index contributed by atoms with van der Waals surface area (Å²) in [6, 6.07) is 0.201. The van der Waals surface area contributed by atoms with Gasteiger partial charge in [0.25, 0.3) is 5.56 Å². The summed E-state index contributed by atoms with van der Waals surface area (Å²) >= 11 is 0. The fourth-order valence-electron chi connectivity index (χ4n) is 4.35. The van der Waals surface area contributed by atoms with Crippen molar-refractivity contribution in [2.75, 3.05) is 43.1 Å². The number of alkyl halides is 6. The van der Waals surface area contributed by atoms with Gasteiger partial charge >= 0.3 is 12.4 Å². The molecule has 0 aliphatic carbocycles. The molecule has 2 N–H and O–H groups in total. The molecule has 206 valence electrons. The number of halogens is 6. The van der Waals surface area contributed by atoms with E-state index in [4.69, 9.17) is 4.74 Å². The standard InChI is InChI=1S/C23H24F6N6O3/c1-13(32-17-10-31-33-21(37)19(17)23(27,28)29)12-38-7-4-18(36)34-5-6-35-16(11-34)3-2-14-8-15(22(24,25)26)9-30-20(14)35/h2-3,8-10,13,16H,4-7,11-12H2,1H3,(H2,32,33,37)/t13-,16?/m0/s1. The first-order valence-electron chi connectivity index (χ1n) is 11.6. The second kappa shape index (κ2) is 10.6. The third-order valence-electron chi connectivity index (χ3n) is 6.13. The highest BCUT2D eigenvalue weighted by atomic mass is 19.4. The fourth-order valence-corrected chi connectivity index (χ4v) is 4.35. The smallest absolute Gasteiger partial charge is 0.379 e. The molecule has 4 heterocycles. The number of pyridine rings is 1. The van der Waals surface area contributed by atoms with Crippen LogP contribution in [-0.2, 0) is 21.9 Å². The van der Waals surface area contributed by atoms with Gasteiger partial charge in [0.15, 0.2) is 0 Å². The van der Waals surface area contributed by atoms with Gasteiger partial charge in [0.05, 0.1) is 43.1 Å². The van der Waals surface area contributed by atoms with Crippen LogP contribution < -0.4 is 15.8 Å². The maximum Gasteiger partial charge on any atom is 0.423 e. The summed E-state index contributed by atoms with van der Waals surface area (Å²) in [6.07, 6.45) is -4.34. The van der Waals surface area contributed by atoms with Crippen LogP contribution in [0.5, 0.6) is 0 Å². The molecule has 2 aliphatic rings. The molecule has 9 nitrogen and oxygen atoms in total. The second-order valence-corrected chi connectivity index (χ2v) is 8.95. The topological polar surface area (TPSA) is 103 Å². The zero-order valence-electron chi connectivity index (χ0n) is 20.1. The molecule has 0 spiro atoms. The van der Waals surface area contributed by atoms with Gasteiger partial charge in [-0.25, -0.2) is 10.1 Å². The third kappa shape index (κ3) is 6.09. The first-order valence-corrected chi connectivity index (χ1v) is 11.6. The minimum atomic E-state index is -4.87. The summed E-state index contributed by atoms with van der Waals surface area (Å²) in [5.74, 6) is 0.245. The van der Waals surface area contributed by atoms with E-state index in [1.807, 2.05) is 4.90 Å². The predicted molar refractivity (Wildman–Crippen MR) is 124 cm³/mol. The van der Waals surface area contributed by atoms with Gasteiger partial charge in [-0.2, -0.15) is 31.4 Å². The van der Waals surface area contributed by atoms with Crippen molar-refractivity contribution >= 4 is 23.5 Å². The second-order valence-electron chi connectivity index (χ2n) is 8.95. The number of nitrogens with one attached hydrogen (secondary N) is 2. The van der Waals surface area contributed by atoms with Gasteiger partial charge in [0.2, 0.25) is 5.91 Å². The van der Waals surface area contributed by atoms with Crippen molar-refractivity contribution in [3.05, 3.63) is 51.6 Å². The molecule has 1 amide bonds. The Balaban J connectivity index is 1.25. The van der Waals surface area contributed by atoms with Crippen molar-refractivity contribution in [3.63, 3.8) is 0 Å². The molecule has 4 rings (SSSR count). The van der Waals surface area contributed by atoms with Crippen molar-refractivity contribution in [1.82, 2.24) is 20.1 Å². The largest absolute Gasteiger partial charge is 0.423 e. The van der Waals surface area contributed by atoms with Crippen LogP contribution in [0.25, 0.3) is 6.08 Å². The average Bonchev–Trinajstić information content (AvgIpc) is 2.84. The van der Waals surface area contributed by atoms with Gasteiger partial charge in [-0.3, -0.25) is 9.59 Å². The SMILES string of the molecule is C[C@@H](COCCC(=O)N1CCN2c3ncc(C(F)(F)F)cc3C=CC2C1)Nc1cn[nH]c(=O)c1C(F)(F)F. The van der Waals surface area contributed by atoms with Gasteiger partial charge in [-0.15, -0.1) is 0 Å². The Morgan fingerprint density at radius 3 is 2.68 bits per heavy atom. The number of aromatic nitrogens is 3. The van der Waals surface area contributed by atoms with Crippen LogP contribution in [0.4, 0.5) is 37.8 Å². The average molecular weight is 546 g/mol. The summed E-state index contributed by atoms with van der Waals surface area (Å²) in [6.45, 7) is 2.61. The van der Waals surface area contributed by atoms with Gasteiger partial charge in [0.1, 0.15) is 11.4 Å². The van der Waals surface area contributed by atoms with E-state index in [9.17, 15) is 35.9 Å². The van der Waals surface area contributed by atoms with Crippen LogP contribution in [0.15, 0.2) is 29.3 Å². The lowest BCUT2D eigenvalue weighted by atomic mass is 10.0. The quantitative estimate of drug-likeness (QED) is 0.406. The maximum atomic E-state index is 13.2. The Labute approximate surface area is 212 Å². The summed E-state index contributed by atoms with van der Waals surface area (Å²) < 4.78 is 83.9. The number of fused-ring (bicyclic) bond motifs is 3. The van der Waals surface area contributed by atoms with E-state index in [-0.39, 0.29) is 31.6 Å². The molecule has 2 aromatic rings. The Bertz CT molecular complexity index is 1260. The number of amides is 1. The lowest BCUT2D eigenvalue weighted by Crippen LogP contribution is -2.55. The fraction of sp³-hybridized carbons (Fsp3) is 0.478. The first-order chi connectivity index (χ1) is 17.8. The number of H-pyrrole nitrogens is 1. The van der Waals surface area contributed by atoms with E-state index < -0.39 is 40.8 Å². The molecule has 1 fully saturated rings. The van der Waals surface area contributed by atoms with E-state index in [2.05, 4.69) is 15.4 Å². The number of rotatable bonds is 7. The summed E-state index contributed by atoms with van der Waals surface area (Å²) in [4.78, 5) is 31.7. The summed E-state index contributed by atoms with van der Waals surface area (Å²) in [7, 11) is 0. The lowest BCUT2D eigenvalue weighted by molar-refractivity contribution is -0.138. The number of hydrogen-bond donors (Lipinski definition) is 2. The van der Waals surface area contributed by atoms with Crippen molar-refractivity contribution in [2.24, 2.45) is 0 Å². The van der Waals surface area contributed by atoms with E-state index in [0.29, 0.717) is 31.0 Å². The van der Waals surface area contributed by atoms with Crippen LogP contribution in [0.3, 0.4) is 0 Å². The first kappa shape index (κ1) is 27.4. The van der Waals surface area contributed by atoms with Crippen LogP contribution in [0.2, 0.25) is 0 Å². The Hall–Kier alpha value is -3.62. The van der Waals surface area contributed by atoms with Crippen LogP contribution in [0, 0.1) is 0 Å². The monoisotopic (exact) mass is 546 g/mol. The van der Waals surface area contributed by atoms with Crippen LogP contribution in [0.1, 0.15) is 30.0 Å². The number of piperazine rings is 1. The summed E-state index contributed by atoms with van der Waals surface area (Å²) in [5, 5.41) is 7.70. The zero-order valence-corrected chi connectivity index (χ0v) is 20.1. The number of carbonyl (C=O) groups is 1. The van der Waals surface area contributed by atoms with Gasteiger partial charge in [0, 0.05) is 37.4 Å². The molecule has 1 saturated heterocycles. The molecule has 2 aliphatic heterocycles. The number of hydrogen-bond acceptors (Lipinski definition) is 7. The highest BCUT2D eigenvalue weighted by molar-refractivity contribution is 5.77. The Kier molecular flexibility index (Phi) is 7.67. The van der Waals surface area contributed by atoms with Gasteiger partial charge in [-0.05, 0) is 13.0 Å².